The van der Waals surface area contributed by atoms with Gasteiger partial charge >= 0.3 is 0 Å². The summed E-state index contributed by atoms with van der Waals surface area (Å²) in [5.74, 6) is -0.272. The molecule has 0 aliphatic heterocycles. The molecule has 0 unspecified atom stereocenters. The Balaban J connectivity index is 1.92. The predicted octanol–water partition coefficient (Wildman–Crippen LogP) is 6.26. The van der Waals surface area contributed by atoms with Crippen LogP contribution in [0.3, 0.4) is 0 Å². The summed E-state index contributed by atoms with van der Waals surface area (Å²) in [5.41, 5.74) is 4.97. The highest BCUT2D eigenvalue weighted by atomic mass is 19.1. The first-order valence-electron chi connectivity index (χ1n) is 8.80. The minimum Gasteiger partial charge on any atom is -0.256 e. The maximum atomic E-state index is 14.4. The summed E-state index contributed by atoms with van der Waals surface area (Å²) in [6.07, 6.45) is 1.79. The van der Waals surface area contributed by atoms with E-state index < -0.39 is 0 Å². The lowest BCUT2D eigenvalue weighted by atomic mass is 9.95. The second-order valence-corrected chi connectivity index (χ2v) is 6.43. The second-order valence-electron chi connectivity index (χ2n) is 6.43. The number of benzene rings is 3. The molecule has 0 saturated heterocycles. The fourth-order valence-electron chi connectivity index (χ4n) is 3.54. The maximum absolute atomic E-state index is 14.4. The van der Waals surface area contributed by atoms with Crippen LogP contribution < -0.4 is 0 Å². The molecule has 0 amide bonds. The molecule has 5 rings (SSSR count). The van der Waals surface area contributed by atoms with Crippen LogP contribution in [-0.4, -0.2) is 9.97 Å². The molecule has 3 heteroatoms. The van der Waals surface area contributed by atoms with Crippen molar-refractivity contribution in [2.24, 2.45) is 0 Å². The van der Waals surface area contributed by atoms with Gasteiger partial charge in [-0.1, -0.05) is 48.5 Å². The molecule has 0 aliphatic rings. The average Bonchev–Trinajstić information content (AvgIpc) is 2.74. The minimum atomic E-state index is -0.272. The second kappa shape index (κ2) is 6.29. The smallest absolute Gasteiger partial charge is 0.132 e. The average molecular weight is 350 g/mol. The first-order valence-corrected chi connectivity index (χ1v) is 8.80. The highest BCUT2D eigenvalue weighted by molar-refractivity contribution is 6.12. The van der Waals surface area contributed by atoms with Gasteiger partial charge < -0.3 is 0 Å². The van der Waals surface area contributed by atoms with Crippen molar-refractivity contribution in [3.8, 4) is 22.4 Å². The third-order valence-electron chi connectivity index (χ3n) is 4.79. The van der Waals surface area contributed by atoms with E-state index in [4.69, 9.17) is 4.98 Å². The molecule has 0 N–H and O–H groups in total. The Hall–Kier alpha value is -3.59. The molecule has 2 heterocycles. The van der Waals surface area contributed by atoms with Gasteiger partial charge in [0.05, 0.1) is 16.7 Å². The van der Waals surface area contributed by atoms with Gasteiger partial charge in [-0.15, -0.1) is 0 Å². The maximum Gasteiger partial charge on any atom is 0.132 e. The van der Waals surface area contributed by atoms with Gasteiger partial charge in [0, 0.05) is 22.5 Å². The monoisotopic (exact) mass is 350 g/mol. The largest absolute Gasteiger partial charge is 0.256 e. The van der Waals surface area contributed by atoms with Gasteiger partial charge in [0.25, 0.3) is 0 Å². The molecule has 0 spiro atoms. The molecule has 0 fully saturated rings. The molecule has 0 radical (unpaired) electrons. The van der Waals surface area contributed by atoms with Gasteiger partial charge in [0.2, 0.25) is 0 Å². The first-order chi connectivity index (χ1) is 13.3. The lowest BCUT2D eigenvalue weighted by Gasteiger charge is -2.13. The van der Waals surface area contributed by atoms with Gasteiger partial charge in [-0.3, -0.25) is 4.98 Å². The molecule has 2 aromatic heterocycles. The highest BCUT2D eigenvalue weighted by Gasteiger charge is 2.14. The van der Waals surface area contributed by atoms with Crippen LogP contribution >= 0.6 is 0 Å². The van der Waals surface area contributed by atoms with Crippen LogP contribution in [-0.2, 0) is 0 Å². The normalized spacial score (nSPS) is 11.1. The number of halogens is 1. The third kappa shape index (κ3) is 2.64. The van der Waals surface area contributed by atoms with Crippen molar-refractivity contribution < 1.29 is 4.39 Å². The van der Waals surface area contributed by atoms with E-state index in [1.807, 2.05) is 48.5 Å². The van der Waals surface area contributed by atoms with Gasteiger partial charge in [-0.25, -0.2) is 9.37 Å². The fourth-order valence-corrected chi connectivity index (χ4v) is 3.54. The Morgan fingerprint density at radius 3 is 2.30 bits per heavy atom. The molecule has 128 valence electrons. The van der Waals surface area contributed by atoms with Crippen molar-refractivity contribution in [3.63, 3.8) is 0 Å². The minimum absolute atomic E-state index is 0.272. The zero-order chi connectivity index (χ0) is 18.2. The van der Waals surface area contributed by atoms with Crippen molar-refractivity contribution in [2.75, 3.05) is 0 Å². The molecule has 3 aromatic carbocycles. The number of hydrogen-bond donors (Lipinski definition) is 0. The number of nitrogens with zero attached hydrogens (tertiary/aromatic N) is 2. The van der Waals surface area contributed by atoms with Crippen molar-refractivity contribution in [1.82, 2.24) is 9.97 Å². The van der Waals surface area contributed by atoms with Gasteiger partial charge in [0.15, 0.2) is 0 Å². The fraction of sp³-hybridized carbons (Fsp3) is 0. The zero-order valence-corrected chi connectivity index (χ0v) is 14.4. The molecule has 0 saturated carbocycles. The number of hydrogen-bond acceptors (Lipinski definition) is 2. The summed E-state index contributed by atoms with van der Waals surface area (Å²) in [4.78, 5) is 9.25. The van der Waals surface area contributed by atoms with E-state index in [1.165, 1.54) is 6.07 Å². The topological polar surface area (TPSA) is 25.8 Å². The van der Waals surface area contributed by atoms with Crippen LogP contribution in [0.25, 0.3) is 44.2 Å². The summed E-state index contributed by atoms with van der Waals surface area (Å²) >= 11 is 0. The molecular formula is C24H15FN2. The Bertz CT molecular complexity index is 1280. The summed E-state index contributed by atoms with van der Waals surface area (Å²) in [6, 6.07) is 26.8. The molecule has 5 aromatic rings. The van der Waals surface area contributed by atoms with E-state index >= 15 is 0 Å². The molecule has 0 atom stereocenters. The zero-order valence-electron chi connectivity index (χ0n) is 14.4. The summed E-state index contributed by atoms with van der Waals surface area (Å²) in [7, 11) is 0. The number of aromatic nitrogens is 2. The van der Waals surface area contributed by atoms with E-state index in [2.05, 4.69) is 23.2 Å². The predicted molar refractivity (Wildman–Crippen MR) is 108 cm³/mol. The number of rotatable bonds is 2. The van der Waals surface area contributed by atoms with Crippen molar-refractivity contribution in [3.05, 3.63) is 96.9 Å². The summed E-state index contributed by atoms with van der Waals surface area (Å²) < 4.78 is 14.4. The highest BCUT2D eigenvalue weighted by Crippen LogP contribution is 2.36. The lowest BCUT2D eigenvalue weighted by Crippen LogP contribution is -1.93. The third-order valence-corrected chi connectivity index (χ3v) is 4.79. The van der Waals surface area contributed by atoms with Crippen molar-refractivity contribution in [1.29, 1.82) is 0 Å². The standard InChI is InChI=1S/C24H15FN2/c25-20-11-5-4-9-17(20)23-15-19(16-7-2-1-3-8-16)24-18-10-6-14-26-21(18)12-13-22(24)27-23/h1-15H. The lowest BCUT2D eigenvalue weighted by molar-refractivity contribution is 0.631. The molecule has 0 aliphatic carbocycles. The van der Waals surface area contributed by atoms with Gasteiger partial charge in [-0.2, -0.15) is 0 Å². The van der Waals surface area contributed by atoms with Crippen molar-refractivity contribution >= 4 is 21.8 Å². The quantitative estimate of drug-likeness (QED) is 0.351. The van der Waals surface area contributed by atoms with Crippen LogP contribution in [0.1, 0.15) is 0 Å². The Kier molecular flexibility index (Phi) is 3.65. The Morgan fingerprint density at radius 2 is 1.44 bits per heavy atom. The first kappa shape index (κ1) is 15.6. The molecule has 27 heavy (non-hydrogen) atoms. The van der Waals surface area contributed by atoms with Crippen molar-refractivity contribution in [2.45, 2.75) is 0 Å². The van der Waals surface area contributed by atoms with E-state index in [1.54, 1.807) is 18.3 Å². The molecule has 0 bridgehead atoms. The van der Waals surface area contributed by atoms with Crippen LogP contribution in [0.15, 0.2) is 91.1 Å². The van der Waals surface area contributed by atoms with Crippen LogP contribution in [0.2, 0.25) is 0 Å². The number of pyridine rings is 2. The molecular weight excluding hydrogens is 335 g/mol. The van der Waals surface area contributed by atoms with Gasteiger partial charge in [0.1, 0.15) is 5.82 Å². The number of fused-ring (bicyclic) bond motifs is 3. The van der Waals surface area contributed by atoms with Crippen LogP contribution in [0, 0.1) is 5.82 Å². The van der Waals surface area contributed by atoms with E-state index in [9.17, 15) is 4.39 Å². The van der Waals surface area contributed by atoms with E-state index in [-0.39, 0.29) is 5.82 Å². The Morgan fingerprint density at radius 1 is 0.667 bits per heavy atom. The molecule has 2 nitrogen and oxygen atoms in total. The van der Waals surface area contributed by atoms with Crippen LogP contribution in [0.5, 0.6) is 0 Å². The van der Waals surface area contributed by atoms with E-state index in [0.29, 0.717) is 11.3 Å². The van der Waals surface area contributed by atoms with Gasteiger partial charge in [-0.05, 0) is 47.5 Å². The summed E-state index contributed by atoms with van der Waals surface area (Å²) in [5, 5.41) is 2.08. The summed E-state index contributed by atoms with van der Waals surface area (Å²) in [6.45, 7) is 0. The SMILES string of the molecule is Fc1ccccc1-c1cc(-c2ccccc2)c2c(ccc3ncccc32)n1. The van der Waals surface area contributed by atoms with E-state index in [0.717, 1.165) is 32.9 Å². The van der Waals surface area contributed by atoms with Crippen LogP contribution in [0.4, 0.5) is 4.39 Å². The Labute approximate surface area is 156 Å².